The van der Waals surface area contributed by atoms with Crippen molar-refractivity contribution < 1.29 is 19.1 Å². The molecule has 0 radical (unpaired) electrons. The Bertz CT molecular complexity index is 580. The van der Waals surface area contributed by atoms with Gasteiger partial charge in [0.25, 0.3) is 0 Å². The number of hydrogen-bond acceptors (Lipinski definition) is 6. The highest BCUT2D eigenvalue weighted by Crippen LogP contribution is 2.51. The molecule has 1 fully saturated rings. The van der Waals surface area contributed by atoms with Crippen molar-refractivity contribution in [1.29, 1.82) is 0 Å². The first-order valence-electron chi connectivity index (χ1n) is 8.33. The minimum atomic E-state index is -1.32. The van der Waals surface area contributed by atoms with Crippen LogP contribution in [0.2, 0.25) is 5.15 Å². The molecule has 2 rings (SSSR count). The first-order chi connectivity index (χ1) is 11.8. The number of halogens is 1. The standard InChI is InChI=1S/C17H27ClN2O4S/c1-16(2,3)25(22)20-17(8-10-21,12-5-6-12)13-7-9-19-15(18)14(13)24-11-23-4/h7,9,12,20-21H,5-6,8,10-11H2,1-4H3/t17?,25-/m0/s1. The van der Waals surface area contributed by atoms with Gasteiger partial charge in [-0.2, -0.15) is 0 Å². The molecule has 1 heterocycles. The summed E-state index contributed by atoms with van der Waals surface area (Å²) < 4.78 is 26.4. The summed E-state index contributed by atoms with van der Waals surface area (Å²) in [5, 5.41) is 9.96. The minimum Gasteiger partial charge on any atom is -0.598 e. The number of nitrogens with zero attached hydrogens (tertiary/aromatic N) is 1. The smallest absolute Gasteiger partial charge is 0.188 e. The Morgan fingerprint density at radius 2 is 2.12 bits per heavy atom. The largest absolute Gasteiger partial charge is 0.598 e. The fraction of sp³-hybridized carbons (Fsp3) is 0.706. The van der Waals surface area contributed by atoms with Crippen molar-refractivity contribution in [2.75, 3.05) is 20.5 Å². The number of aliphatic hydroxyl groups is 1. The van der Waals surface area contributed by atoms with Gasteiger partial charge in [0.1, 0.15) is 4.75 Å². The Kier molecular flexibility index (Phi) is 6.98. The van der Waals surface area contributed by atoms with Crippen LogP contribution in [-0.4, -0.2) is 39.9 Å². The molecule has 1 aliphatic rings. The van der Waals surface area contributed by atoms with E-state index in [1.54, 1.807) is 6.20 Å². The molecular weight excluding hydrogens is 364 g/mol. The first kappa shape index (κ1) is 20.7. The number of aliphatic hydroxyl groups excluding tert-OH is 1. The Hall–Kier alpha value is -0.570. The van der Waals surface area contributed by atoms with E-state index in [9.17, 15) is 9.66 Å². The lowest BCUT2D eigenvalue weighted by atomic mass is 9.83. The summed E-state index contributed by atoms with van der Waals surface area (Å²) in [7, 11) is 1.53. The van der Waals surface area contributed by atoms with Crippen molar-refractivity contribution in [3.05, 3.63) is 23.0 Å². The second-order valence-electron chi connectivity index (χ2n) is 7.23. The molecule has 142 valence electrons. The molecule has 1 aromatic heterocycles. The van der Waals surface area contributed by atoms with Crippen LogP contribution in [0.4, 0.5) is 0 Å². The van der Waals surface area contributed by atoms with Crippen molar-refractivity contribution in [3.63, 3.8) is 0 Å². The van der Waals surface area contributed by atoms with Crippen molar-refractivity contribution in [2.24, 2.45) is 5.92 Å². The van der Waals surface area contributed by atoms with Gasteiger partial charge >= 0.3 is 0 Å². The van der Waals surface area contributed by atoms with E-state index in [-0.39, 0.29) is 24.5 Å². The van der Waals surface area contributed by atoms with Gasteiger partial charge in [0.2, 0.25) is 0 Å². The van der Waals surface area contributed by atoms with Crippen molar-refractivity contribution in [1.82, 2.24) is 9.71 Å². The van der Waals surface area contributed by atoms with Gasteiger partial charge in [-0.1, -0.05) is 11.6 Å². The molecule has 1 saturated carbocycles. The van der Waals surface area contributed by atoms with Gasteiger partial charge in [-0.25, -0.2) is 4.98 Å². The topological polar surface area (TPSA) is 86.7 Å². The summed E-state index contributed by atoms with van der Waals surface area (Å²) in [4.78, 5) is 4.09. The van der Waals surface area contributed by atoms with Crippen LogP contribution < -0.4 is 9.46 Å². The number of rotatable bonds is 9. The van der Waals surface area contributed by atoms with Gasteiger partial charge in [-0.3, -0.25) is 0 Å². The maximum Gasteiger partial charge on any atom is 0.188 e. The van der Waals surface area contributed by atoms with Crippen molar-refractivity contribution in [3.8, 4) is 5.75 Å². The van der Waals surface area contributed by atoms with Gasteiger partial charge in [0.05, 0.1) is 5.54 Å². The molecule has 0 saturated heterocycles. The first-order valence-corrected chi connectivity index (χ1v) is 9.86. The minimum absolute atomic E-state index is 0.0284. The zero-order chi connectivity index (χ0) is 18.7. The number of nitrogens with one attached hydrogen (secondary N) is 1. The normalized spacial score (nSPS) is 18.7. The van der Waals surface area contributed by atoms with Crippen LogP contribution in [0.5, 0.6) is 5.75 Å². The fourth-order valence-corrected chi connectivity index (χ4v) is 4.08. The van der Waals surface area contributed by atoms with E-state index in [4.69, 9.17) is 21.1 Å². The summed E-state index contributed by atoms with van der Waals surface area (Å²) in [6, 6.07) is 1.82. The van der Waals surface area contributed by atoms with E-state index in [0.29, 0.717) is 12.2 Å². The molecule has 1 aliphatic carbocycles. The highest BCUT2D eigenvalue weighted by Gasteiger charge is 2.52. The molecule has 2 N–H and O–H groups in total. The third kappa shape index (κ3) is 4.78. The predicted octanol–water partition coefficient (Wildman–Crippen LogP) is 2.76. The third-order valence-corrected chi connectivity index (χ3v) is 6.21. The highest BCUT2D eigenvalue weighted by atomic mass is 35.5. The SMILES string of the molecule is COCOc1c(C(CCO)(N[S@@+]([O-])C(C)(C)C)C2CC2)ccnc1Cl. The van der Waals surface area contributed by atoms with Gasteiger partial charge < -0.3 is 19.1 Å². The molecule has 0 aliphatic heterocycles. The van der Waals surface area contributed by atoms with E-state index in [0.717, 1.165) is 18.4 Å². The Morgan fingerprint density at radius 1 is 1.44 bits per heavy atom. The average Bonchev–Trinajstić information content (AvgIpc) is 3.37. The maximum absolute atomic E-state index is 12.9. The van der Waals surface area contributed by atoms with Crippen LogP contribution in [-0.2, 0) is 21.6 Å². The van der Waals surface area contributed by atoms with Gasteiger partial charge in [-0.15, -0.1) is 4.72 Å². The molecule has 1 aromatic rings. The zero-order valence-corrected chi connectivity index (χ0v) is 16.7. The quantitative estimate of drug-likeness (QED) is 0.383. The second kappa shape index (κ2) is 8.41. The van der Waals surface area contributed by atoms with Gasteiger partial charge in [0, 0.05) is 36.8 Å². The lowest BCUT2D eigenvalue weighted by Crippen LogP contribution is -2.53. The third-order valence-electron chi connectivity index (χ3n) is 4.27. The van der Waals surface area contributed by atoms with E-state index in [1.807, 2.05) is 26.8 Å². The van der Waals surface area contributed by atoms with E-state index in [1.165, 1.54) is 7.11 Å². The molecule has 0 spiro atoms. The Balaban J connectivity index is 2.50. The zero-order valence-electron chi connectivity index (χ0n) is 15.2. The maximum atomic E-state index is 12.9. The number of ether oxygens (including phenoxy) is 2. The van der Waals surface area contributed by atoms with Crippen LogP contribution >= 0.6 is 11.6 Å². The van der Waals surface area contributed by atoms with E-state index < -0.39 is 21.6 Å². The monoisotopic (exact) mass is 390 g/mol. The van der Waals surface area contributed by atoms with Crippen LogP contribution in [0.1, 0.15) is 45.6 Å². The Labute approximate surface area is 157 Å². The number of hydrogen-bond donors (Lipinski definition) is 2. The average molecular weight is 391 g/mol. The molecular formula is C17H27ClN2O4S. The highest BCUT2D eigenvalue weighted by molar-refractivity contribution is 7.90. The van der Waals surface area contributed by atoms with E-state index in [2.05, 4.69) is 9.71 Å². The van der Waals surface area contributed by atoms with Crippen LogP contribution in [0, 0.1) is 5.92 Å². The van der Waals surface area contributed by atoms with Crippen molar-refractivity contribution in [2.45, 2.75) is 50.3 Å². The fourth-order valence-electron chi connectivity index (χ4n) is 2.85. The molecule has 25 heavy (non-hydrogen) atoms. The molecule has 0 bridgehead atoms. The molecule has 8 heteroatoms. The molecule has 1 unspecified atom stereocenters. The van der Waals surface area contributed by atoms with Gasteiger partial charge in [0.15, 0.2) is 17.7 Å². The number of aromatic nitrogens is 1. The van der Waals surface area contributed by atoms with Crippen LogP contribution in [0.15, 0.2) is 12.3 Å². The summed E-state index contributed by atoms with van der Waals surface area (Å²) in [6.07, 6.45) is 3.98. The summed E-state index contributed by atoms with van der Waals surface area (Å²) in [5.74, 6) is 0.652. The lowest BCUT2D eigenvalue weighted by molar-refractivity contribution is 0.0484. The van der Waals surface area contributed by atoms with Crippen LogP contribution in [0.25, 0.3) is 0 Å². The number of methoxy groups -OCH3 is 1. The molecule has 2 atom stereocenters. The molecule has 6 nitrogen and oxygen atoms in total. The predicted molar refractivity (Wildman–Crippen MR) is 98.9 cm³/mol. The molecule has 0 aromatic carbocycles. The summed E-state index contributed by atoms with van der Waals surface area (Å²) in [5.41, 5.74) is 0.0708. The van der Waals surface area contributed by atoms with Crippen LogP contribution in [0.3, 0.4) is 0 Å². The van der Waals surface area contributed by atoms with E-state index >= 15 is 0 Å². The number of pyridine rings is 1. The summed E-state index contributed by atoms with van der Waals surface area (Å²) >= 11 is 4.94. The Morgan fingerprint density at radius 3 is 2.64 bits per heavy atom. The van der Waals surface area contributed by atoms with Gasteiger partial charge in [-0.05, 0) is 52.0 Å². The van der Waals surface area contributed by atoms with Crippen molar-refractivity contribution >= 4 is 23.0 Å². The molecule has 0 amide bonds. The summed E-state index contributed by atoms with van der Waals surface area (Å²) in [6.45, 7) is 5.72. The lowest BCUT2D eigenvalue weighted by Gasteiger charge is -2.38. The second-order valence-corrected chi connectivity index (χ2v) is 9.56.